The Morgan fingerprint density at radius 2 is 2.09 bits per heavy atom. The van der Waals surface area contributed by atoms with Crippen LogP contribution in [0, 0.1) is 22.7 Å². The zero-order chi connectivity index (χ0) is 16.3. The molecule has 1 aromatic carbocycles. The molecule has 0 unspecified atom stereocenters. The van der Waals surface area contributed by atoms with Crippen molar-refractivity contribution in [3.8, 4) is 11.8 Å². The molecule has 1 aromatic rings. The molecule has 2 rings (SSSR count). The van der Waals surface area contributed by atoms with Crippen LogP contribution in [0.4, 0.5) is 0 Å². The number of Topliss-reactive ketones (excluding diaryl/α,β-unsaturated/α-hetero) is 1. The standard InChI is InChI=1S/C17H19NO4/c1-17(10-18)8-7-13(14(16(17)21)9-15(19)20)11-3-5-12(22-2)6-4-11/h3-6,13-14H,7-9H2,1-2H3,(H,19,20)/t13-,14-,17-/m0/s1. The number of hydrogen-bond acceptors (Lipinski definition) is 4. The van der Waals surface area contributed by atoms with Crippen LogP contribution in [0.1, 0.15) is 37.7 Å². The van der Waals surface area contributed by atoms with E-state index in [4.69, 9.17) is 9.84 Å². The lowest BCUT2D eigenvalue weighted by atomic mass is 9.63. The van der Waals surface area contributed by atoms with E-state index in [1.807, 2.05) is 12.1 Å². The minimum Gasteiger partial charge on any atom is -0.497 e. The highest BCUT2D eigenvalue weighted by molar-refractivity contribution is 5.93. The molecule has 0 aliphatic heterocycles. The lowest BCUT2D eigenvalue weighted by molar-refractivity contribution is -0.144. The smallest absolute Gasteiger partial charge is 0.304 e. The van der Waals surface area contributed by atoms with Crippen LogP contribution in [-0.2, 0) is 9.59 Å². The summed E-state index contributed by atoms with van der Waals surface area (Å²) in [5, 5.41) is 18.4. The molecule has 0 aromatic heterocycles. The van der Waals surface area contributed by atoms with Gasteiger partial charge in [0.2, 0.25) is 0 Å². The normalized spacial score (nSPS) is 28.0. The zero-order valence-corrected chi connectivity index (χ0v) is 12.7. The average Bonchev–Trinajstić information content (AvgIpc) is 2.52. The van der Waals surface area contributed by atoms with Gasteiger partial charge in [-0.25, -0.2) is 0 Å². The number of carboxylic acids is 1. The van der Waals surface area contributed by atoms with Crippen molar-refractivity contribution in [1.82, 2.24) is 0 Å². The molecule has 1 saturated carbocycles. The van der Waals surface area contributed by atoms with Gasteiger partial charge in [-0.05, 0) is 43.4 Å². The Balaban J connectivity index is 2.34. The predicted octanol–water partition coefficient (Wildman–Crippen LogP) is 2.76. The van der Waals surface area contributed by atoms with Crippen molar-refractivity contribution in [3.05, 3.63) is 29.8 Å². The number of benzene rings is 1. The van der Waals surface area contributed by atoms with Gasteiger partial charge in [-0.1, -0.05) is 12.1 Å². The number of methoxy groups -OCH3 is 1. The third kappa shape index (κ3) is 2.96. The fraction of sp³-hybridized carbons (Fsp3) is 0.471. The second-order valence-corrected chi connectivity index (χ2v) is 5.93. The molecule has 3 atom stereocenters. The maximum atomic E-state index is 12.6. The highest BCUT2D eigenvalue weighted by atomic mass is 16.5. The van der Waals surface area contributed by atoms with E-state index >= 15 is 0 Å². The number of nitrogens with zero attached hydrogens (tertiary/aromatic N) is 1. The van der Waals surface area contributed by atoms with Gasteiger partial charge in [-0.15, -0.1) is 0 Å². The first-order valence-corrected chi connectivity index (χ1v) is 7.22. The molecule has 0 saturated heterocycles. The SMILES string of the molecule is COc1ccc([C@@H]2CC[C@@](C)(C#N)C(=O)[C@H]2CC(=O)O)cc1. The highest BCUT2D eigenvalue weighted by Crippen LogP contribution is 2.45. The Morgan fingerprint density at radius 3 is 2.59 bits per heavy atom. The molecule has 0 heterocycles. The van der Waals surface area contributed by atoms with Crippen LogP contribution in [0.2, 0.25) is 0 Å². The number of nitriles is 1. The summed E-state index contributed by atoms with van der Waals surface area (Å²) < 4.78 is 5.12. The summed E-state index contributed by atoms with van der Waals surface area (Å²) >= 11 is 0. The monoisotopic (exact) mass is 301 g/mol. The number of aliphatic carboxylic acids is 1. The molecule has 1 N–H and O–H groups in total. The van der Waals surface area contributed by atoms with Gasteiger partial charge < -0.3 is 9.84 Å². The van der Waals surface area contributed by atoms with Crippen LogP contribution in [0.3, 0.4) is 0 Å². The van der Waals surface area contributed by atoms with Crippen LogP contribution < -0.4 is 4.74 Å². The van der Waals surface area contributed by atoms with Gasteiger partial charge in [0.25, 0.3) is 0 Å². The largest absolute Gasteiger partial charge is 0.497 e. The van der Waals surface area contributed by atoms with Crippen molar-refractivity contribution in [2.45, 2.75) is 32.1 Å². The van der Waals surface area contributed by atoms with Gasteiger partial charge in [0.05, 0.1) is 19.6 Å². The van der Waals surface area contributed by atoms with Crippen LogP contribution in [0.5, 0.6) is 5.75 Å². The van der Waals surface area contributed by atoms with E-state index in [2.05, 4.69) is 6.07 Å². The Labute approximate surface area is 129 Å². The zero-order valence-electron chi connectivity index (χ0n) is 12.7. The van der Waals surface area contributed by atoms with Gasteiger partial charge in [0.1, 0.15) is 11.2 Å². The summed E-state index contributed by atoms with van der Waals surface area (Å²) in [7, 11) is 1.57. The molecule has 0 amide bonds. The van der Waals surface area contributed by atoms with Gasteiger partial charge in [0.15, 0.2) is 5.78 Å². The molecule has 5 nitrogen and oxygen atoms in total. The van der Waals surface area contributed by atoms with Crippen molar-refractivity contribution in [3.63, 3.8) is 0 Å². The summed E-state index contributed by atoms with van der Waals surface area (Å²) in [5.74, 6) is -1.40. The molecule has 5 heteroatoms. The molecule has 116 valence electrons. The van der Waals surface area contributed by atoms with E-state index in [9.17, 15) is 14.9 Å². The fourth-order valence-corrected chi connectivity index (χ4v) is 3.14. The van der Waals surface area contributed by atoms with Crippen molar-refractivity contribution >= 4 is 11.8 Å². The molecular formula is C17H19NO4. The minimum atomic E-state index is -1.08. The van der Waals surface area contributed by atoms with Crippen molar-refractivity contribution in [2.75, 3.05) is 7.11 Å². The van der Waals surface area contributed by atoms with Crippen molar-refractivity contribution in [2.24, 2.45) is 11.3 Å². The molecule has 1 aliphatic carbocycles. The summed E-state index contributed by atoms with van der Waals surface area (Å²) in [4.78, 5) is 23.7. The van der Waals surface area contributed by atoms with Gasteiger partial charge >= 0.3 is 5.97 Å². The first-order chi connectivity index (χ1) is 10.4. The minimum absolute atomic E-state index is 0.170. The lowest BCUT2D eigenvalue weighted by Gasteiger charge is -2.37. The van der Waals surface area contributed by atoms with E-state index in [0.717, 1.165) is 5.56 Å². The van der Waals surface area contributed by atoms with Crippen LogP contribution in [-0.4, -0.2) is 24.0 Å². The number of carboxylic acid groups (broad SMARTS) is 1. The van der Waals surface area contributed by atoms with Crippen LogP contribution in [0.15, 0.2) is 24.3 Å². The molecule has 0 spiro atoms. The van der Waals surface area contributed by atoms with Crippen LogP contribution in [0.25, 0.3) is 0 Å². The maximum Gasteiger partial charge on any atom is 0.304 e. The molecular weight excluding hydrogens is 282 g/mol. The maximum absolute atomic E-state index is 12.6. The summed E-state index contributed by atoms with van der Waals surface area (Å²) in [6, 6.07) is 9.39. The molecule has 0 bridgehead atoms. The molecule has 22 heavy (non-hydrogen) atoms. The third-order valence-corrected chi connectivity index (χ3v) is 4.51. The van der Waals surface area contributed by atoms with Gasteiger partial charge in [0, 0.05) is 5.92 Å². The molecule has 1 fully saturated rings. The number of carbonyl (C=O) groups is 2. The average molecular weight is 301 g/mol. The second kappa shape index (κ2) is 6.18. The Kier molecular flexibility index (Phi) is 4.51. The number of carbonyl (C=O) groups excluding carboxylic acids is 1. The molecule has 0 radical (unpaired) electrons. The number of hydrogen-bond donors (Lipinski definition) is 1. The van der Waals surface area contributed by atoms with Gasteiger partial charge in [-0.3, -0.25) is 9.59 Å². The molecule has 1 aliphatic rings. The predicted molar refractivity (Wildman–Crippen MR) is 79.4 cm³/mol. The van der Waals surface area contributed by atoms with E-state index in [1.165, 1.54) is 0 Å². The van der Waals surface area contributed by atoms with Crippen LogP contribution >= 0.6 is 0 Å². The van der Waals surface area contributed by atoms with Gasteiger partial charge in [-0.2, -0.15) is 5.26 Å². The Bertz CT molecular complexity index is 617. The fourth-order valence-electron chi connectivity index (χ4n) is 3.14. The quantitative estimate of drug-likeness (QED) is 0.924. The summed E-state index contributed by atoms with van der Waals surface area (Å²) in [6.45, 7) is 1.61. The third-order valence-electron chi connectivity index (χ3n) is 4.51. The van der Waals surface area contributed by atoms with Crippen molar-refractivity contribution in [1.29, 1.82) is 5.26 Å². The van der Waals surface area contributed by atoms with E-state index in [1.54, 1.807) is 26.2 Å². The summed E-state index contributed by atoms with van der Waals surface area (Å²) in [5.41, 5.74) is -0.163. The van der Waals surface area contributed by atoms with Crippen molar-refractivity contribution < 1.29 is 19.4 Å². The number of ketones is 1. The van der Waals surface area contributed by atoms with E-state index in [-0.39, 0.29) is 18.1 Å². The summed E-state index contributed by atoms with van der Waals surface area (Å²) in [6.07, 6.45) is 0.835. The lowest BCUT2D eigenvalue weighted by Crippen LogP contribution is -2.41. The Hall–Kier alpha value is -2.35. The highest BCUT2D eigenvalue weighted by Gasteiger charge is 2.47. The Morgan fingerprint density at radius 1 is 1.45 bits per heavy atom. The first kappa shape index (κ1) is 16.0. The second-order valence-electron chi connectivity index (χ2n) is 5.93. The van der Waals surface area contributed by atoms with E-state index in [0.29, 0.717) is 18.6 Å². The topological polar surface area (TPSA) is 87.4 Å². The van der Waals surface area contributed by atoms with E-state index < -0.39 is 17.3 Å². The first-order valence-electron chi connectivity index (χ1n) is 7.22. The number of ether oxygens (including phenoxy) is 1. The number of rotatable bonds is 4.